The fourth-order valence-electron chi connectivity index (χ4n) is 4.40. The minimum Gasteiger partial charge on any atom is -0.328 e. The zero-order valence-electron chi connectivity index (χ0n) is 18.1. The SMILES string of the molecule is N[C@H]1C[C@@H](c2ccncc2NC(=O)c2ccc(F)c(-c3c(F)cccc3F)n2)C[C@@H](C(F)(F)F)C1. The van der Waals surface area contributed by atoms with Crippen LogP contribution in [-0.4, -0.2) is 28.1 Å². The van der Waals surface area contributed by atoms with Gasteiger partial charge < -0.3 is 11.1 Å². The highest BCUT2D eigenvalue weighted by Crippen LogP contribution is 2.44. The summed E-state index contributed by atoms with van der Waals surface area (Å²) in [6.07, 6.45) is -1.83. The number of anilines is 1. The zero-order valence-corrected chi connectivity index (χ0v) is 18.1. The Balaban J connectivity index is 1.63. The van der Waals surface area contributed by atoms with Gasteiger partial charge in [0, 0.05) is 12.2 Å². The van der Waals surface area contributed by atoms with Crippen LogP contribution in [0.1, 0.15) is 41.2 Å². The van der Waals surface area contributed by atoms with Gasteiger partial charge in [0.1, 0.15) is 28.8 Å². The Kier molecular flexibility index (Phi) is 6.79. The number of amides is 1. The van der Waals surface area contributed by atoms with Crippen molar-refractivity contribution in [1.29, 1.82) is 0 Å². The molecular formula is C24H20F6N4O. The molecule has 0 spiro atoms. The van der Waals surface area contributed by atoms with Gasteiger partial charge in [-0.2, -0.15) is 13.2 Å². The second-order valence-corrected chi connectivity index (χ2v) is 8.44. The van der Waals surface area contributed by atoms with Gasteiger partial charge in [-0.15, -0.1) is 0 Å². The average Bonchev–Trinajstić information content (AvgIpc) is 2.79. The zero-order chi connectivity index (χ0) is 25.3. The number of nitrogens with two attached hydrogens (primary N) is 1. The number of halogens is 6. The van der Waals surface area contributed by atoms with Crippen LogP contribution < -0.4 is 11.1 Å². The number of hydrogen-bond donors (Lipinski definition) is 2. The molecule has 1 aromatic carbocycles. The van der Waals surface area contributed by atoms with E-state index in [2.05, 4.69) is 15.3 Å². The van der Waals surface area contributed by atoms with Crippen molar-refractivity contribution in [2.24, 2.45) is 11.7 Å². The normalized spacial score (nSPS) is 20.5. The summed E-state index contributed by atoms with van der Waals surface area (Å²) in [6.45, 7) is 0. The van der Waals surface area contributed by atoms with Crippen LogP contribution in [0, 0.1) is 23.4 Å². The highest BCUT2D eigenvalue weighted by atomic mass is 19.4. The van der Waals surface area contributed by atoms with Gasteiger partial charge in [-0.25, -0.2) is 18.2 Å². The first-order valence-electron chi connectivity index (χ1n) is 10.7. The van der Waals surface area contributed by atoms with Crippen molar-refractivity contribution in [2.45, 2.75) is 37.4 Å². The van der Waals surface area contributed by atoms with Gasteiger partial charge in [-0.1, -0.05) is 6.07 Å². The predicted molar refractivity (Wildman–Crippen MR) is 116 cm³/mol. The van der Waals surface area contributed by atoms with Crippen molar-refractivity contribution in [3.8, 4) is 11.3 Å². The van der Waals surface area contributed by atoms with E-state index in [1.54, 1.807) is 0 Å². The van der Waals surface area contributed by atoms with Crippen molar-refractivity contribution in [3.05, 3.63) is 77.5 Å². The largest absolute Gasteiger partial charge is 0.391 e. The molecule has 1 saturated carbocycles. The summed E-state index contributed by atoms with van der Waals surface area (Å²) < 4.78 is 82.8. The van der Waals surface area contributed by atoms with Gasteiger partial charge in [0.2, 0.25) is 0 Å². The highest BCUT2D eigenvalue weighted by Gasteiger charge is 2.44. The Morgan fingerprint density at radius 1 is 0.971 bits per heavy atom. The number of benzene rings is 1. The number of aromatic nitrogens is 2. The molecule has 35 heavy (non-hydrogen) atoms. The molecule has 0 unspecified atom stereocenters. The fraction of sp³-hybridized carbons (Fsp3) is 0.292. The van der Waals surface area contributed by atoms with Crippen molar-refractivity contribution < 1.29 is 31.1 Å². The maximum absolute atomic E-state index is 14.3. The van der Waals surface area contributed by atoms with Crippen LogP contribution >= 0.6 is 0 Å². The van der Waals surface area contributed by atoms with Crippen LogP contribution in [-0.2, 0) is 0 Å². The lowest BCUT2D eigenvalue weighted by Gasteiger charge is -2.35. The Morgan fingerprint density at radius 3 is 2.37 bits per heavy atom. The Morgan fingerprint density at radius 2 is 1.69 bits per heavy atom. The molecule has 184 valence electrons. The Hall–Kier alpha value is -3.47. The van der Waals surface area contributed by atoms with E-state index in [-0.39, 0.29) is 30.6 Å². The summed E-state index contributed by atoms with van der Waals surface area (Å²) in [5, 5.41) is 2.52. The molecule has 1 amide bonds. The molecule has 3 aromatic rings. The van der Waals surface area contributed by atoms with Gasteiger partial charge in [0.15, 0.2) is 0 Å². The van der Waals surface area contributed by atoms with E-state index in [9.17, 15) is 31.1 Å². The minimum atomic E-state index is -4.40. The molecule has 2 heterocycles. The molecular weight excluding hydrogens is 474 g/mol. The molecule has 0 saturated heterocycles. The number of carbonyl (C=O) groups excluding carboxylic acids is 1. The van der Waals surface area contributed by atoms with Gasteiger partial charge in [-0.3, -0.25) is 9.78 Å². The van der Waals surface area contributed by atoms with Gasteiger partial charge >= 0.3 is 6.18 Å². The number of carbonyl (C=O) groups is 1. The van der Waals surface area contributed by atoms with E-state index in [1.165, 1.54) is 18.5 Å². The first-order valence-corrected chi connectivity index (χ1v) is 10.7. The van der Waals surface area contributed by atoms with E-state index in [4.69, 9.17) is 5.73 Å². The average molecular weight is 494 g/mol. The first-order chi connectivity index (χ1) is 16.5. The number of pyridine rings is 2. The standard InChI is InChI=1S/C24H20F6N4O/c25-16-2-1-3-17(26)21(16)22-18(27)4-5-19(33-22)23(35)34-20-11-32-7-6-15(20)12-8-13(24(28,29)30)10-14(31)9-12/h1-7,11-14H,8-10,31H2,(H,34,35)/t12-,13+,14-/m0/s1. The Bertz CT molecular complexity index is 1230. The predicted octanol–water partition coefficient (Wildman–Crippen LogP) is 5.59. The quantitative estimate of drug-likeness (QED) is 0.464. The number of alkyl halides is 3. The Labute approximate surface area is 196 Å². The second-order valence-electron chi connectivity index (χ2n) is 8.44. The van der Waals surface area contributed by atoms with Crippen LogP contribution in [0.4, 0.5) is 32.0 Å². The van der Waals surface area contributed by atoms with Crippen LogP contribution in [0.15, 0.2) is 48.8 Å². The molecule has 11 heteroatoms. The maximum atomic E-state index is 14.3. The number of hydrogen-bond acceptors (Lipinski definition) is 4. The summed E-state index contributed by atoms with van der Waals surface area (Å²) in [4.78, 5) is 20.6. The highest BCUT2D eigenvalue weighted by molar-refractivity contribution is 6.03. The summed E-state index contributed by atoms with van der Waals surface area (Å²) >= 11 is 0. The summed E-state index contributed by atoms with van der Waals surface area (Å²) in [5.41, 5.74) is 4.68. The third kappa shape index (κ3) is 5.29. The molecule has 2 aromatic heterocycles. The van der Waals surface area contributed by atoms with E-state index >= 15 is 0 Å². The molecule has 1 aliphatic carbocycles. The maximum Gasteiger partial charge on any atom is 0.391 e. The molecule has 3 atom stereocenters. The fourth-order valence-corrected chi connectivity index (χ4v) is 4.40. The topological polar surface area (TPSA) is 80.9 Å². The van der Waals surface area contributed by atoms with Gasteiger partial charge in [0.05, 0.1) is 23.4 Å². The molecule has 4 rings (SSSR count). The molecule has 0 radical (unpaired) electrons. The molecule has 5 nitrogen and oxygen atoms in total. The van der Waals surface area contributed by atoms with Crippen LogP contribution in [0.25, 0.3) is 11.3 Å². The van der Waals surface area contributed by atoms with E-state index in [0.29, 0.717) is 5.56 Å². The van der Waals surface area contributed by atoms with Crippen molar-refractivity contribution >= 4 is 11.6 Å². The molecule has 3 N–H and O–H groups in total. The van der Waals surface area contributed by atoms with Gasteiger partial charge in [0.25, 0.3) is 5.91 Å². The van der Waals surface area contributed by atoms with E-state index in [1.807, 2.05) is 0 Å². The molecule has 1 aliphatic rings. The van der Waals surface area contributed by atoms with Crippen LogP contribution in [0.5, 0.6) is 0 Å². The lowest BCUT2D eigenvalue weighted by atomic mass is 9.75. The van der Waals surface area contributed by atoms with Crippen LogP contribution in [0.3, 0.4) is 0 Å². The number of nitrogens with one attached hydrogen (secondary N) is 1. The van der Waals surface area contributed by atoms with Crippen molar-refractivity contribution in [3.63, 3.8) is 0 Å². The number of nitrogens with zero attached hydrogens (tertiary/aromatic N) is 2. The second kappa shape index (κ2) is 9.65. The number of rotatable bonds is 4. The van der Waals surface area contributed by atoms with Crippen molar-refractivity contribution in [2.75, 3.05) is 5.32 Å². The first kappa shape index (κ1) is 24.6. The van der Waals surface area contributed by atoms with Crippen molar-refractivity contribution in [1.82, 2.24) is 9.97 Å². The lowest BCUT2D eigenvalue weighted by Crippen LogP contribution is -2.38. The minimum absolute atomic E-state index is 0.141. The molecule has 1 fully saturated rings. The van der Waals surface area contributed by atoms with E-state index < -0.39 is 58.7 Å². The lowest BCUT2D eigenvalue weighted by molar-refractivity contribution is -0.184. The molecule has 0 aliphatic heterocycles. The summed E-state index contributed by atoms with van der Waals surface area (Å²) in [6, 6.07) is 5.67. The third-order valence-electron chi connectivity index (χ3n) is 6.03. The van der Waals surface area contributed by atoms with Gasteiger partial charge in [-0.05, 0) is 61.1 Å². The monoisotopic (exact) mass is 494 g/mol. The smallest absolute Gasteiger partial charge is 0.328 e. The molecule has 0 bridgehead atoms. The summed E-state index contributed by atoms with van der Waals surface area (Å²) in [5.74, 6) is -6.18. The van der Waals surface area contributed by atoms with Crippen LogP contribution in [0.2, 0.25) is 0 Å². The third-order valence-corrected chi connectivity index (χ3v) is 6.03. The van der Waals surface area contributed by atoms with E-state index in [0.717, 1.165) is 30.3 Å². The summed E-state index contributed by atoms with van der Waals surface area (Å²) in [7, 11) is 0.